The lowest BCUT2D eigenvalue weighted by Gasteiger charge is -2.26. The fourth-order valence-electron chi connectivity index (χ4n) is 3.35. The van der Waals surface area contributed by atoms with Crippen LogP contribution in [0.1, 0.15) is 34.0 Å². The summed E-state index contributed by atoms with van der Waals surface area (Å²) in [5, 5.41) is 0. The Labute approximate surface area is 194 Å². The average Bonchev–Trinajstić information content (AvgIpc) is 2.80. The number of sulfonamides is 1. The summed E-state index contributed by atoms with van der Waals surface area (Å²) in [6.45, 7) is 3.73. The molecule has 1 aromatic heterocycles. The van der Waals surface area contributed by atoms with Gasteiger partial charge in [-0.15, -0.1) is 0 Å². The van der Waals surface area contributed by atoms with Crippen LogP contribution in [0.25, 0.3) is 0 Å². The SMILES string of the molecule is CC(=O)c1ccc(S(=O)(=O)N(C)CC(=O)N(Cc2cccnc2)Cc2ccccc2C)cc1. The number of amides is 1. The van der Waals surface area contributed by atoms with Gasteiger partial charge in [-0.2, -0.15) is 4.31 Å². The van der Waals surface area contributed by atoms with Gasteiger partial charge in [0.15, 0.2) is 5.78 Å². The molecule has 3 aromatic rings. The maximum atomic E-state index is 13.2. The van der Waals surface area contributed by atoms with E-state index in [1.54, 1.807) is 23.4 Å². The standard InChI is InChI=1S/C25H27N3O4S/c1-19-7-4-5-9-23(19)17-28(16-21-8-6-14-26-15-21)25(30)18-27(3)33(31,32)24-12-10-22(11-13-24)20(2)29/h4-15H,16-18H2,1-3H3. The van der Waals surface area contributed by atoms with Gasteiger partial charge in [-0.1, -0.05) is 42.5 Å². The van der Waals surface area contributed by atoms with Crippen molar-refractivity contribution in [1.29, 1.82) is 0 Å². The number of benzene rings is 2. The van der Waals surface area contributed by atoms with Crippen molar-refractivity contribution < 1.29 is 18.0 Å². The summed E-state index contributed by atoms with van der Waals surface area (Å²) in [7, 11) is -2.52. The minimum absolute atomic E-state index is 0.0283. The number of ketones is 1. The summed E-state index contributed by atoms with van der Waals surface area (Å²) >= 11 is 0. The zero-order valence-electron chi connectivity index (χ0n) is 18.9. The smallest absolute Gasteiger partial charge is 0.243 e. The number of carbonyl (C=O) groups is 2. The third-order valence-corrected chi connectivity index (χ3v) is 7.22. The molecule has 3 rings (SSSR count). The predicted molar refractivity (Wildman–Crippen MR) is 126 cm³/mol. The van der Waals surface area contributed by atoms with Crippen molar-refractivity contribution in [3.05, 3.63) is 95.3 Å². The van der Waals surface area contributed by atoms with Crippen molar-refractivity contribution in [2.45, 2.75) is 31.8 Å². The van der Waals surface area contributed by atoms with Crippen molar-refractivity contribution in [1.82, 2.24) is 14.2 Å². The van der Waals surface area contributed by atoms with Gasteiger partial charge >= 0.3 is 0 Å². The van der Waals surface area contributed by atoms with Crippen LogP contribution in [0.5, 0.6) is 0 Å². The van der Waals surface area contributed by atoms with Crippen LogP contribution in [0.2, 0.25) is 0 Å². The predicted octanol–water partition coefficient (Wildman–Crippen LogP) is 3.44. The van der Waals surface area contributed by atoms with Gasteiger partial charge in [0.2, 0.25) is 15.9 Å². The molecule has 1 heterocycles. The fraction of sp³-hybridized carbons (Fsp3) is 0.240. The number of Topliss-reactive ketones (excluding diaryl/α,β-unsaturated/α-hetero) is 1. The largest absolute Gasteiger partial charge is 0.333 e. The quantitative estimate of drug-likeness (QED) is 0.452. The highest BCUT2D eigenvalue weighted by atomic mass is 32.2. The second-order valence-electron chi connectivity index (χ2n) is 7.88. The number of rotatable bonds is 9. The van der Waals surface area contributed by atoms with Crippen molar-refractivity contribution in [2.24, 2.45) is 0 Å². The molecule has 0 aliphatic carbocycles. The van der Waals surface area contributed by atoms with Crippen LogP contribution in [-0.4, -0.2) is 47.9 Å². The van der Waals surface area contributed by atoms with Crippen molar-refractivity contribution in [2.75, 3.05) is 13.6 Å². The molecular weight excluding hydrogens is 438 g/mol. The molecule has 0 saturated carbocycles. The Morgan fingerprint density at radius 3 is 2.24 bits per heavy atom. The Hall–Kier alpha value is -3.36. The molecule has 0 aliphatic rings. The van der Waals surface area contributed by atoms with E-state index in [0.717, 1.165) is 21.0 Å². The van der Waals surface area contributed by atoms with Gasteiger partial charge in [0, 0.05) is 38.1 Å². The summed E-state index contributed by atoms with van der Waals surface area (Å²) in [6.07, 6.45) is 3.35. The maximum absolute atomic E-state index is 13.2. The normalized spacial score (nSPS) is 11.4. The fourth-order valence-corrected chi connectivity index (χ4v) is 4.47. The number of hydrogen-bond acceptors (Lipinski definition) is 5. The lowest BCUT2D eigenvalue weighted by molar-refractivity contribution is -0.132. The van der Waals surface area contributed by atoms with Crippen molar-refractivity contribution in [3.63, 3.8) is 0 Å². The third-order valence-electron chi connectivity index (χ3n) is 5.40. The minimum atomic E-state index is -3.90. The van der Waals surface area contributed by atoms with Crippen molar-refractivity contribution >= 4 is 21.7 Å². The molecule has 33 heavy (non-hydrogen) atoms. The molecule has 8 heteroatoms. The van der Waals surface area contributed by atoms with E-state index in [2.05, 4.69) is 4.98 Å². The first-order valence-electron chi connectivity index (χ1n) is 10.5. The van der Waals surface area contributed by atoms with E-state index in [9.17, 15) is 18.0 Å². The van der Waals surface area contributed by atoms with Crippen LogP contribution in [0.4, 0.5) is 0 Å². The lowest BCUT2D eigenvalue weighted by atomic mass is 10.1. The Morgan fingerprint density at radius 2 is 1.64 bits per heavy atom. The number of aryl methyl sites for hydroxylation is 1. The molecule has 0 radical (unpaired) electrons. The van der Waals surface area contributed by atoms with E-state index < -0.39 is 10.0 Å². The van der Waals surface area contributed by atoms with Crippen LogP contribution in [0.15, 0.2) is 78.0 Å². The van der Waals surface area contributed by atoms with Crippen molar-refractivity contribution in [3.8, 4) is 0 Å². The molecule has 0 spiro atoms. The number of pyridine rings is 1. The van der Waals surface area contributed by atoms with Gasteiger partial charge < -0.3 is 4.90 Å². The van der Waals surface area contributed by atoms with Crippen LogP contribution in [0.3, 0.4) is 0 Å². The van der Waals surface area contributed by atoms with E-state index in [1.165, 1.54) is 38.2 Å². The first-order valence-corrected chi connectivity index (χ1v) is 11.9. The minimum Gasteiger partial charge on any atom is -0.333 e. The van der Waals surface area contributed by atoms with Crippen LogP contribution in [0, 0.1) is 6.92 Å². The molecule has 0 saturated heterocycles. The third kappa shape index (κ3) is 6.12. The van der Waals surface area contributed by atoms with Gasteiger partial charge in [0.1, 0.15) is 0 Å². The average molecular weight is 466 g/mol. The monoisotopic (exact) mass is 465 g/mol. The topological polar surface area (TPSA) is 87.7 Å². The molecule has 0 unspecified atom stereocenters. The second-order valence-corrected chi connectivity index (χ2v) is 9.92. The molecule has 0 bridgehead atoms. The summed E-state index contributed by atoms with van der Waals surface area (Å²) in [5.74, 6) is -0.474. The summed E-state index contributed by atoms with van der Waals surface area (Å²) in [5.41, 5.74) is 3.31. The summed E-state index contributed by atoms with van der Waals surface area (Å²) in [4.78, 5) is 30.5. The molecule has 7 nitrogen and oxygen atoms in total. The molecule has 0 aliphatic heterocycles. The van der Waals surface area contributed by atoms with Crippen LogP contribution in [-0.2, 0) is 27.9 Å². The molecule has 0 fully saturated rings. The molecular formula is C25H27N3O4S. The molecule has 0 atom stereocenters. The lowest BCUT2D eigenvalue weighted by Crippen LogP contribution is -2.40. The number of carbonyl (C=O) groups excluding carboxylic acids is 2. The maximum Gasteiger partial charge on any atom is 0.243 e. The Balaban J connectivity index is 1.81. The first kappa shape index (κ1) is 24.3. The Morgan fingerprint density at radius 1 is 0.939 bits per heavy atom. The zero-order chi connectivity index (χ0) is 24.0. The second kappa shape index (κ2) is 10.5. The van der Waals surface area contributed by atoms with E-state index in [1.807, 2.05) is 37.3 Å². The van der Waals surface area contributed by atoms with E-state index >= 15 is 0 Å². The Kier molecular flexibility index (Phi) is 7.73. The number of nitrogens with zero attached hydrogens (tertiary/aromatic N) is 3. The molecule has 0 N–H and O–H groups in total. The molecule has 2 aromatic carbocycles. The van der Waals surface area contributed by atoms with Gasteiger partial charge in [-0.05, 0) is 48.7 Å². The molecule has 172 valence electrons. The van der Waals surface area contributed by atoms with E-state index in [4.69, 9.17) is 0 Å². The summed E-state index contributed by atoms with van der Waals surface area (Å²) < 4.78 is 27.0. The first-order chi connectivity index (χ1) is 15.7. The van der Waals surface area contributed by atoms with Gasteiger partial charge in [-0.25, -0.2) is 8.42 Å². The highest BCUT2D eigenvalue weighted by Gasteiger charge is 2.26. The van der Waals surface area contributed by atoms with Gasteiger partial charge in [0.25, 0.3) is 0 Å². The zero-order valence-corrected chi connectivity index (χ0v) is 19.7. The highest BCUT2D eigenvalue weighted by Crippen LogP contribution is 2.18. The summed E-state index contributed by atoms with van der Waals surface area (Å²) in [6, 6.07) is 17.2. The highest BCUT2D eigenvalue weighted by molar-refractivity contribution is 7.89. The number of likely N-dealkylation sites (N-methyl/N-ethyl adjacent to an activating group) is 1. The van der Waals surface area contributed by atoms with E-state index in [0.29, 0.717) is 18.7 Å². The van der Waals surface area contributed by atoms with Gasteiger partial charge in [0.05, 0.1) is 11.4 Å². The van der Waals surface area contributed by atoms with Crippen LogP contribution >= 0.6 is 0 Å². The number of hydrogen-bond donors (Lipinski definition) is 0. The van der Waals surface area contributed by atoms with E-state index in [-0.39, 0.29) is 23.1 Å². The van der Waals surface area contributed by atoms with Crippen LogP contribution < -0.4 is 0 Å². The number of aromatic nitrogens is 1. The Bertz CT molecular complexity index is 1230. The molecule has 1 amide bonds. The van der Waals surface area contributed by atoms with Gasteiger partial charge in [-0.3, -0.25) is 14.6 Å².